The molecule has 0 bridgehead atoms. The lowest BCUT2D eigenvalue weighted by Gasteiger charge is -2.27. The molecule has 0 saturated heterocycles. The Morgan fingerprint density at radius 1 is 1.23 bits per heavy atom. The summed E-state index contributed by atoms with van der Waals surface area (Å²) in [7, 11) is 0. The van der Waals surface area contributed by atoms with E-state index in [4.69, 9.17) is 5.11 Å². The van der Waals surface area contributed by atoms with Crippen LogP contribution in [0.3, 0.4) is 0 Å². The second-order valence-electron chi connectivity index (χ2n) is 4.00. The predicted octanol–water partition coefficient (Wildman–Crippen LogP) is 3.07. The van der Waals surface area contributed by atoms with Crippen LogP contribution in [-0.4, -0.2) is 22.7 Å². The molecule has 0 spiro atoms. The molecule has 1 rings (SSSR count). The van der Waals surface area contributed by atoms with Crippen molar-refractivity contribution in [3.8, 4) is 0 Å². The molecule has 0 atom stereocenters. The summed E-state index contributed by atoms with van der Waals surface area (Å²) in [6.45, 7) is 2.67. The zero-order chi connectivity index (χ0) is 9.52. The van der Waals surface area contributed by atoms with Crippen LogP contribution in [0, 0.1) is 5.92 Å². The Balaban J connectivity index is 2.03. The summed E-state index contributed by atoms with van der Waals surface area (Å²) in [5.74, 6) is 2.16. The Morgan fingerprint density at radius 3 is 2.46 bits per heavy atom. The highest BCUT2D eigenvalue weighted by atomic mass is 32.2. The molecule has 78 valence electrons. The van der Waals surface area contributed by atoms with Crippen LogP contribution >= 0.6 is 11.8 Å². The topological polar surface area (TPSA) is 20.2 Å². The number of aliphatic hydroxyl groups is 1. The van der Waals surface area contributed by atoms with E-state index >= 15 is 0 Å². The molecular weight excluding hydrogens is 180 g/mol. The molecule has 1 aliphatic carbocycles. The molecule has 0 heterocycles. The van der Waals surface area contributed by atoms with Gasteiger partial charge in [-0.1, -0.05) is 13.3 Å². The molecule has 1 N–H and O–H groups in total. The minimum Gasteiger partial charge on any atom is -0.396 e. The maximum Gasteiger partial charge on any atom is 0.0438 e. The molecule has 1 fully saturated rings. The van der Waals surface area contributed by atoms with Gasteiger partial charge in [0.25, 0.3) is 0 Å². The second kappa shape index (κ2) is 6.72. The van der Waals surface area contributed by atoms with Gasteiger partial charge in [0.2, 0.25) is 0 Å². The van der Waals surface area contributed by atoms with Crippen molar-refractivity contribution in [2.24, 2.45) is 5.92 Å². The van der Waals surface area contributed by atoms with E-state index in [9.17, 15) is 0 Å². The highest BCUT2D eigenvalue weighted by Crippen LogP contribution is 2.33. The van der Waals surface area contributed by atoms with Gasteiger partial charge in [-0.2, -0.15) is 11.8 Å². The van der Waals surface area contributed by atoms with Crippen molar-refractivity contribution < 1.29 is 5.11 Å². The first-order chi connectivity index (χ1) is 6.36. The van der Waals surface area contributed by atoms with Gasteiger partial charge in [0.15, 0.2) is 0 Å². The third-order valence-electron chi connectivity index (χ3n) is 3.03. The summed E-state index contributed by atoms with van der Waals surface area (Å²) in [6, 6.07) is 0. The Bertz CT molecular complexity index is 117. The average molecular weight is 202 g/mol. The lowest BCUT2D eigenvalue weighted by Crippen LogP contribution is -2.16. The van der Waals surface area contributed by atoms with E-state index in [0.29, 0.717) is 6.61 Å². The number of rotatable bonds is 5. The van der Waals surface area contributed by atoms with Crippen molar-refractivity contribution in [1.82, 2.24) is 0 Å². The van der Waals surface area contributed by atoms with Crippen molar-refractivity contribution in [1.29, 1.82) is 0 Å². The molecule has 0 aromatic heterocycles. The van der Waals surface area contributed by atoms with Crippen molar-refractivity contribution in [2.75, 3.05) is 12.4 Å². The first-order valence-electron chi connectivity index (χ1n) is 5.59. The van der Waals surface area contributed by atoms with Crippen LogP contribution in [0.2, 0.25) is 0 Å². The first kappa shape index (κ1) is 11.4. The van der Waals surface area contributed by atoms with E-state index in [1.807, 2.05) is 0 Å². The number of hydrogen-bond donors (Lipinski definition) is 1. The molecule has 2 heteroatoms. The number of aliphatic hydroxyl groups excluding tert-OH is 1. The lowest BCUT2D eigenvalue weighted by atomic mass is 9.87. The SMILES string of the molecule is CCC1CCC(SCCCO)CC1. The molecule has 1 aliphatic rings. The quantitative estimate of drug-likeness (QED) is 0.691. The van der Waals surface area contributed by atoms with Crippen LogP contribution in [0.4, 0.5) is 0 Å². The molecule has 0 aliphatic heterocycles. The van der Waals surface area contributed by atoms with E-state index in [1.165, 1.54) is 32.1 Å². The summed E-state index contributed by atoms with van der Waals surface area (Å²) >= 11 is 2.07. The Morgan fingerprint density at radius 2 is 1.92 bits per heavy atom. The molecular formula is C11H22OS. The van der Waals surface area contributed by atoms with E-state index in [-0.39, 0.29) is 0 Å². The third kappa shape index (κ3) is 4.37. The summed E-state index contributed by atoms with van der Waals surface area (Å²) in [6.07, 6.45) is 8.04. The van der Waals surface area contributed by atoms with Crippen LogP contribution in [0.5, 0.6) is 0 Å². The first-order valence-corrected chi connectivity index (χ1v) is 6.64. The molecule has 1 saturated carbocycles. The second-order valence-corrected chi connectivity index (χ2v) is 5.41. The van der Waals surface area contributed by atoms with Gasteiger partial charge in [0.05, 0.1) is 0 Å². The van der Waals surface area contributed by atoms with Crippen molar-refractivity contribution in [2.45, 2.75) is 50.7 Å². The van der Waals surface area contributed by atoms with E-state index in [2.05, 4.69) is 18.7 Å². The predicted molar refractivity (Wildman–Crippen MR) is 60.2 cm³/mol. The van der Waals surface area contributed by atoms with Crippen LogP contribution < -0.4 is 0 Å². The molecule has 0 aromatic carbocycles. The van der Waals surface area contributed by atoms with Crippen LogP contribution in [-0.2, 0) is 0 Å². The minimum atomic E-state index is 0.358. The Hall–Kier alpha value is 0.310. The summed E-state index contributed by atoms with van der Waals surface area (Å²) < 4.78 is 0. The fourth-order valence-corrected chi connectivity index (χ4v) is 3.26. The summed E-state index contributed by atoms with van der Waals surface area (Å²) in [5.41, 5.74) is 0. The molecule has 0 amide bonds. The van der Waals surface area contributed by atoms with Gasteiger partial charge in [-0.15, -0.1) is 0 Å². The van der Waals surface area contributed by atoms with Gasteiger partial charge in [-0.25, -0.2) is 0 Å². The standard InChI is InChI=1S/C11H22OS/c1-2-10-4-6-11(7-5-10)13-9-3-8-12/h10-12H,2-9H2,1H3. The van der Waals surface area contributed by atoms with Crippen LogP contribution in [0.15, 0.2) is 0 Å². The molecule has 13 heavy (non-hydrogen) atoms. The highest BCUT2D eigenvalue weighted by Gasteiger charge is 2.19. The van der Waals surface area contributed by atoms with E-state index in [1.54, 1.807) is 0 Å². The summed E-state index contributed by atoms with van der Waals surface area (Å²) in [5, 5.41) is 9.56. The monoisotopic (exact) mass is 202 g/mol. The van der Waals surface area contributed by atoms with Crippen molar-refractivity contribution in [3.63, 3.8) is 0 Å². The zero-order valence-electron chi connectivity index (χ0n) is 8.67. The Kier molecular flexibility index (Phi) is 5.88. The van der Waals surface area contributed by atoms with Crippen LogP contribution in [0.25, 0.3) is 0 Å². The van der Waals surface area contributed by atoms with Gasteiger partial charge < -0.3 is 5.11 Å². The van der Waals surface area contributed by atoms with Crippen molar-refractivity contribution >= 4 is 11.8 Å². The highest BCUT2D eigenvalue weighted by molar-refractivity contribution is 7.99. The molecule has 0 radical (unpaired) electrons. The van der Waals surface area contributed by atoms with Gasteiger partial charge in [-0.05, 0) is 43.8 Å². The van der Waals surface area contributed by atoms with E-state index < -0.39 is 0 Å². The van der Waals surface area contributed by atoms with Crippen molar-refractivity contribution in [3.05, 3.63) is 0 Å². The maximum absolute atomic E-state index is 8.66. The fourth-order valence-electron chi connectivity index (χ4n) is 2.02. The van der Waals surface area contributed by atoms with Crippen LogP contribution in [0.1, 0.15) is 45.4 Å². The zero-order valence-corrected chi connectivity index (χ0v) is 9.48. The smallest absolute Gasteiger partial charge is 0.0438 e. The fraction of sp³-hybridized carbons (Fsp3) is 1.00. The normalized spacial score (nSPS) is 29.1. The molecule has 0 unspecified atom stereocenters. The minimum absolute atomic E-state index is 0.358. The third-order valence-corrected chi connectivity index (χ3v) is 4.49. The van der Waals surface area contributed by atoms with Gasteiger partial charge in [0.1, 0.15) is 0 Å². The van der Waals surface area contributed by atoms with E-state index in [0.717, 1.165) is 23.3 Å². The number of thioether (sulfide) groups is 1. The Labute approximate surface area is 86.3 Å². The number of hydrogen-bond acceptors (Lipinski definition) is 2. The largest absolute Gasteiger partial charge is 0.396 e. The average Bonchev–Trinajstić information content (AvgIpc) is 2.19. The van der Waals surface area contributed by atoms with Gasteiger partial charge in [0, 0.05) is 11.9 Å². The summed E-state index contributed by atoms with van der Waals surface area (Å²) in [4.78, 5) is 0. The molecule has 0 aromatic rings. The van der Waals surface area contributed by atoms with Gasteiger partial charge in [-0.3, -0.25) is 0 Å². The maximum atomic E-state index is 8.66. The van der Waals surface area contributed by atoms with Gasteiger partial charge >= 0.3 is 0 Å². The lowest BCUT2D eigenvalue weighted by molar-refractivity contribution is 0.296. The molecule has 1 nitrogen and oxygen atoms in total.